The third-order valence-corrected chi connectivity index (χ3v) is 1.56. The number of pyridine rings is 1. The molecule has 0 saturated heterocycles. The third-order valence-electron chi connectivity index (χ3n) is 1.56. The van der Waals surface area contributed by atoms with E-state index in [1.54, 1.807) is 6.07 Å². The van der Waals surface area contributed by atoms with Crippen molar-refractivity contribution in [2.24, 2.45) is 5.92 Å². The van der Waals surface area contributed by atoms with Crippen molar-refractivity contribution in [2.45, 2.75) is 6.92 Å². The summed E-state index contributed by atoms with van der Waals surface area (Å²) in [5.74, 6) is -0.491. The van der Waals surface area contributed by atoms with E-state index in [-0.39, 0.29) is 18.3 Å². The summed E-state index contributed by atoms with van der Waals surface area (Å²) in [5, 5.41) is 8.69. The normalized spacial score (nSPS) is 12.5. The summed E-state index contributed by atoms with van der Waals surface area (Å²) in [5.41, 5.74) is 0. The van der Waals surface area contributed by atoms with E-state index in [4.69, 9.17) is 9.84 Å². The van der Waals surface area contributed by atoms with Crippen LogP contribution in [0.25, 0.3) is 0 Å². The first-order valence-corrected chi connectivity index (χ1v) is 4.08. The summed E-state index contributed by atoms with van der Waals surface area (Å²) in [6, 6.07) is 3.11. The highest BCUT2D eigenvalue weighted by Crippen LogP contribution is 2.13. The van der Waals surface area contributed by atoms with Crippen LogP contribution in [0.2, 0.25) is 0 Å². The van der Waals surface area contributed by atoms with Crippen molar-refractivity contribution in [3.05, 3.63) is 24.3 Å². The highest BCUT2D eigenvalue weighted by Gasteiger charge is 2.05. The van der Waals surface area contributed by atoms with Crippen LogP contribution in [0.4, 0.5) is 4.39 Å². The average Bonchev–Trinajstić information content (AvgIpc) is 2.16. The molecule has 0 fully saturated rings. The van der Waals surface area contributed by atoms with E-state index in [1.807, 2.05) is 6.92 Å². The van der Waals surface area contributed by atoms with Gasteiger partial charge in [0.2, 0.25) is 0 Å². The van der Waals surface area contributed by atoms with E-state index in [0.717, 1.165) is 0 Å². The van der Waals surface area contributed by atoms with E-state index >= 15 is 0 Å². The zero-order valence-corrected chi connectivity index (χ0v) is 7.40. The second kappa shape index (κ2) is 4.77. The van der Waals surface area contributed by atoms with Gasteiger partial charge in [-0.3, -0.25) is 0 Å². The van der Waals surface area contributed by atoms with Gasteiger partial charge in [-0.15, -0.1) is 0 Å². The van der Waals surface area contributed by atoms with Crippen molar-refractivity contribution in [1.82, 2.24) is 4.98 Å². The van der Waals surface area contributed by atoms with Crippen molar-refractivity contribution in [2.75, 3.05) is 13.2 Å². The summed E-state index contributed by atoms with van der Waals surface area (Å²) >= 11 is 0. The molecule has 1 aromatic rings. The van der Waals surface area contributed by atoms with Crippen molar-refractivity contribution >= 4 is 0 Å². The van der Waals surface area contributed by atoms with Gasteiger partial charge in [0, 0.05) is 18.7 Å². The molecular formula is C9H12FNO2. The molecule has 1 N–H and O–H groups in total. The second-order valence-electron chi connectivity index (χ2n) is 2.89. The van der Waals surface area contributed by atoms with Crippen molar-refractivity contribution < 1.29 is 14.2 Å². The topological polar surface area (TPSA) is 42.4 Å². The standard InChI is InChI=1S/C9H12FNO2/c1-7(5-12)6-13-8-3-2-4-11-9(8)10/h2-4,7,12H,5-6H2,1H3. The predicted octanol–water partition coefficient (Wildman–Crippen LogP) is 1.23. The monoisotopic (exact) mass is 185 g/mol. The summed E-state index contributed by atoms with van der Waals surface area (Å²) in [7, 11) is 0. The van der Waals surface area contributed by atoms with Crippen LogP contribution < -0.4 is 4.74 Å². The summed E-state index contributed by atoms with van der Waals surface area (Å²) < 4.78 is 17.9. The van der Waals surface area contributed by atoms with Crippen LogP contribution in [0, 0.1) is 11.9 Å². The Kier molecular flexibility index (Phi) is 3.64. The first-order valence-electron chi connectivity index (χ1n) is 4.08. The lowest BCUT2D eigenvalue weighted by Gasteiger charge is -2.09. The van der Waals surface area contributed by atoms with Crippen LogP contribution in [0.5, 0.6) is 5.75 Å². The van der Waals surface area contributed by atoms with Gasteiger partial charge in [0.1, 0.15) is 0 Å². The van der Waals surface area contributed by atoms with Crippen LogP contribution in [-0.2, 0) is 0 Å². The molecule has 0 amide bonds. The molecule has 13 heavy (non-hydrogen) atoms. The average molecular weight is 185 g/mol. The molecule has 1 heterocycles. The number of hydrogen-bond donors (Lipinski definition) is 1. The Bertz CT molecular complexity index is 268. The van der Waals surface area contributed by atoms with Gasteiger partial charge in [-0.05, 0) is 12.1 Å². The van der Waals surface area contributed by atoms with Gasteiger partial charge >= 0.3 is 0 Å². The van der Waals surface area contributed by atoms with E-state index in [9.17, 15) is 4.39 Å². The Hall–Kier alpha value is -1.16. The van der Waals surface area contributed by atoms with E-state index in [2.05, 4.69) is 4.98 Å². The van der Waals surface area contributed by atoms with Crippen LogP contribution >= 0.6 is 0 Å². The first kappa shape index (κ1) is 9.92. The van der Waals surface area contributed by atoms with E-state index in [0.29, 0.717) is 6.61 Å². The maximum absolute atomic E-state index is 12.8. The first-order chi connectivity index (χ1) is 6.24. The molecule has 0 spiro atoms. The molecule has 0 saturated carbocycles. The zero-order chi connectivity index (χ0) is 9.68. The lowest BCUT2D eigenvalue weighted by Crippen LogP contribution is -2.12. The van der Waals surface area contributed by atoms with Gasteiger partial charge in [-0.1, -0.05) is 6.92 Å². The van der Waals surface area contributed by atoms with E-state index in [1.165, 1.54) is 12.3 Å². The maximum atomic E-state index is 12.8. The van der Waals surface area contributed by atoms with Crippen LogP contribution in [0.15, 0.2) is 18.3 Å². The molecule has 1 aromatic heterocycles. The van der Waals surface area contributed by atoms with Crippen LogP contribution in [-0.4, -0.2) is 23.3 Å². The minimum absolute atomic E-state index is 0.000365. The fourth-order valence-electron chi connectivity index (χ4n) is 0.764. The van der Waals surface area contributed by atoms with Crippen molar-refractivity contribution in [1.29, 1.82) is 0 Å². The number of ether oxygens (including phenoxy) is 1. The molecule has 0 aliphatic heterocycles. The summed E-state index contributed by atoms with van der Waals surface area (Å²) in [4.78, 5) is 3.43. The Labute approximate surface area is 76.2 Å². The molecule has 0 bridgehead atoms. The number of halogens is 1. The zero-order valence-electron chi connectivity index (χ0n) is 7.40. The minimum atomic E-state index is -0.618. The molecule has 1 rings (SSSR count). The lowest BCUT2D eigenvalue weighted by atomic mass is 10.2. The maximum Gasteiger partial charge on any atom is 0.255 e. The predicted molar refractivity (Wildman–Crippen MR) is 45.9 cm³/mol. The second-order valence-corrected chi connectivity index (χ2v) is 2.89. The Morgan fingerprint density at radius 1 is 1.69 bits per heavy atom. The molecule has 1 unspecified atom stereocenters. The van der Waals surface area contributed by atoms with Gasteiger partial charge in [-0.2, -0.15) is 4.39 Å². The molecular weight excluding hydrogens is 173 g/mol. The molecule has 1 atom stereocenters. The lowest BCUT2D eigenvalue weighted by molar-refractivity contribution is 0.170. The van der Waals surface area contributed by atoms with Gasteiger partial charge in [-0.25, -0.2) is 4.98 Å². The summed E-state index contributed by atoms with van der Waals surface area (Å²) in [6.07, 6.45) is 1.36. The van der Waals surface area contributed by atoms with Gasteiger partial charge in [0.25, 0.3) is 5.95 Å². The van der Waals surface area contributed by atoms with Gasteiger partial charge < -0.3 is 9.84 Å². The molecule has 0 aliphatic rings. The molecule has 0 radical (unpaired) electrons. The van der Waals surface area contributed by atoms with Crippen molar-refractivity contribution in [3.63, 3.8) is 0 Å². The van der Waals surface area contributed by atoms with Crippen LogP contribution in [0.3, 0.4) is 0 Å². The number of aliphatic hydroxyl groups excluding tert-OH is 1. The highest BCUT2D eigenvalue weighted by atomic mass is 19.1. The number of aliphatic hydroxyl groups is 1. The number of aromatic nitrogens is 1. The number of rotatable bonds is 4. The molecule has 4 heteroatoms. The third kappa shape index (κ3) is 2.99. The Balaban J connectivity index is 2.50. The smallest absolute Gasteiger partial charge is 0.255 e. The quantitative estimate of drug-likeness (QED) is 0.717. The molecule has 0 aliphatic carbocycles. The minimum Gasteiger partial charge on any atom is -0.488 e. The molecule has 72 valence electrons. The SMILES string of the molecule is CC(CO)COc1cccnc1F. The Morgan fingerprint density at radius 2 is 2.46 bits per heavy atom. The number of nitrogens with zero attached hydrogens (tertiary/aromatic N) is 1. The molecule has 3 nitrogen and oxygen atoms in total. The van der Waals surface area contributed by atoms with Crippen LogP contribution in [0.1, 0.15) is 6.92 Å². The molecule has 0 aromatic carbocycles. The largest absolute Gasteiger partial charge is 0.488 e. The van der Waals surface area contributed by atoms with Gasteiger partial charge in [0.15, 0.2) is 5.75 Å². The van der Waals surface area contributed by atoms with Gasteiger partial charge in [0.05, 0.1) is 6.61 Å². The fourth-order valence-corrected chi connectivity index (χ4v) is 0.764. The summed E-state index contributed by atoms with van der Waals surface area (Å²) in [6.45, 7) is 2.13. The Morgan fingerprint density at radius 3 is 3.08 bits per heavy atom. The van der Waals surface area contributed by atoms with Crippen molar-refractivity contribution in [3.8, 4) is 5.75 Å². The number of hydrogen-bond acceptors (Lipinski definition) is 3. The van der Waals surface area contributed by atoms with E-state index < -0.39 is 5.95 Å². The fraction of sp³-hybridized carbons (Fsp3) is 0.444. The highest BCUT2D eigenvalue weighted by molar-refractivity contribution is 5.17.